The molecule has 0 aliphatic carbocycles. The Bertz CT molecular complexity index is 1180. The zero-order chi connectivity index (χ0) is 29.7. The van der Waals surface area contributed by atoms with Gasteiger partial charge in [0.15, 0.2) is 0 Å². The zero-order valence-electron chi connectivity index (χ0n) is 23.5. The van der Waals surface area contributed by atoms with Gasteiger partial charge in [-0.25, -0.2) is 8.78 Å². The van der Waals surface area contributed by atoms with Crippen LogP contribution in [0.4, 0.5) is 8.78 Å². The highest BCUT2D eigenvalue weighted by Crippen LogP contribution is 2.37. The standard InChI is InChI=1S/C28H37F2N5O.C2H6O2/c1-28(2,3)26(33-13-11-24(32)27(36)34-14-12-31)25-15-20(22-16-21(29)9-10-23(22)30)18-35(25)17-19-7-5-4-6-8-19;3-1-2-4/h4-10,15-16,18,24,26,33H,11-14,17,31-32H2,1-3H3,(H,34,36);3-4H,1-2H2/t24-,26-;/m0./s1. The molecule has 0 aliphatic heterocycles. The number of hydrogen-bond donors (Lipinski definition) is 6. The second-order valence-electron chi connectivity index (χ2n) is 10.6. The van der Waals surface area contributed by atoms with Gasteiger partial charge >= 0.3 is 0 Å². The molecule has 0 bridgehead atoms. The van der Waals surface area contributed by atoms with Crippen molar-refractivity contribution in [3.05, 3.63) is 83.7 Å². The normalized spacial score (nSPS) is 12.8. The number of amides is 1. The molecule has 2 atom stereocenters. The minimum atomic E-state index is -0.655. The van der Waals surface area contributed by atoms with Crippen LogP contribution in [-0.2, 0) is 11.3 Å². The van der Waals surface area contributed by atoms with Crippen LogP contribution in [0.3, 0.4) is 0 Å². The summed E-state index contributed by atoms with van der Waals surface area (Å²) in [6, 6.07) is 14.6. The van der Waals surface area contributed by atoms with Gasteiger partial charge < -0.3 is 36.9 Å². The number of aromatic nitrogens is 1. The number of nitrogens with one attached hydrogen (secondary N) is 2. The van der Waals surface area contributed by atoms with Gasteiger partial charge in [-0.3, -0.25) is 4.79 Å². The Kier molecular flexibility index (Phi) is 13.4. The molecule has 0 fully saturated rings. The van der Waals surface area contributed by atoms with E-state index < -0.39 is 17.7 Å². The van der Waals surface area contributed by atoms with Crippen LogP contribution in [0.25, 0.3) is 11.1 Å². The van der Waals surface area contributed by atoms with Crippen LogP contribution in [0.15, 0.2) is 60.8 Å². The largest absolute Gasteiger partial charge is 0.394 e. The molecule has 1 amide bonds. The Hall–Kier alpha value is -3.15. The van der Waals surface area contributed by atoms with Crippen molar-refractivity contribution in [2.45, 2.75) is 45.8 Å². The van der Waals surface area contributed by atoms with Crippen molar-refractivity contribution in [2.24, 2.45) is 16.9 Å². The van der Waals surface area contributed by atoms with Gasteiger partial charge in [-0.15, -0.1) is 0 Å². The molecule has 0 aliphatic rings. The summed E-state index contributed by atoms with van der Waals surface area (Å²) in [5.74, 6) is -1.20. The van der Waals surface area contributed by atoms with E-state index in [2.05, 4.69) is 36.0 Å². The minimum absolute atomic E-state index is 0.125. The SMILES string of the molecule is CC(C)(C)[C@@H](NCC[C@H](N)C(=O)NCCN)c1cc(-c2cc(F)ccc2F)cn1Cc1ccccc1.OCCO. The van der Waals surface area contributed by atoms with Gasteiger partial charge in [0.1, 0.15) is 11.6 Å². The summed E-state index contributed by atoms with van der Waals surface area (Å²) in [6.45, 7) is 7.90. The fraction of sp³-hybridized carbons (Fsp3) is 0.433. The van der Waals surface area contributed by atoms with Crippen molar-refractivity contribution in [3.8, 4) is 11.1 Å². The maximum absolute atomic E-state index is 14.7. The topological polar surface area (TPSA) is 139 Å². The average molecular weight is 560 g/mol. The Morgan fingerprint density at radius 2 is 1.70 bits per heavy atom. The molecule has 220 valence electrons. The van der Waals surface area contributed by atoms with Gasteiger partial charge in [-0.2, -0.15) is 0 Å². The molecule has 1 aromatic heterocycles. The fourth-order valence-corrected chi connectivity index (χ4v) is 4.25. The van der Waals surface area contributed by atoms with Gasteiger partial charge in [0.2, 0.25) is 5.91 Å². The van der Waals surface area contributed by atoms with Crippen LogP contribution in [0.5, 0.6) is 0 Å². The molecule has 2 aromatic carbocycles. The highest BCUT2D eigenvalue weighted by molar-refractivity contribution is 5.81. The third-order valence-electron chi connectivity index (χ3n) is 6.21. The van der Waals surface area contributed by atoms with Gasteiger partial charge in [0, 0.05) is 42.7 Å². The molecule has 0 unspecified atom stereocenters. The monoisotopic (exact) mass is 559 g/mol. The third-order valence-corrected chi connectivity index (χ3v) is 6.21. The first-order chi connectivity index (χ1) is 19.0. The molecule has 8 nitrogen and oxygen atoms in total. The van der Waals surface area contributed by atoms with Crippen molar-refractivity contribution in [3.63, 3.8) is 0 Å². The van der Waals surface area contributed by atoms with Crippen molar-refractivity contribution in [1.82, 2.24) is 15.2 Å². The Morgan fingerprint density at radius 3 is 2.30 bits per heavy atom. The number of carbonyl (C=O) groups is 1. The lowest BCUT2D eigenvalue weighted by molar-refractivity contribution is -0.122. The predicted octanol–water partition coefficient (Wildman–Crippen LogP) is 2.92. The van der Waals surface area contributed by atoms with Crippen LogP contribution in [0, 0.1) is 17.0 Å². The number of benzene rings is 2. The molecule has 0 saturated carbocycles. The van der Waals surface area contributed by atoms with Crippen molar-refractivity contribution < 1.29 is 23.8 Å². The maximum Gasteiger partial charge on any atom is 0.237 e. The molecule has 0 radical (unpaired) electrons. The number of nitrogens with two attached hydrogens (primary N) is 2. The smallest absolute Gasteiger partial charge is 0.237 e. The molecule has 10 heteroatoms. The fourth-order valence-electron chi connectivity index (χ4n) is 4.25. The molecular weight excluding hydrogens is 516 g/mol. The molecule has 40 heavy (non-hydrogen) atoms. The molecule has 1 heterocycles. The number of hydrogen-bond acceptors (Lipinski definition) is 6. The van der Waals surface area contributed by atoms with Crippen LogP contribution in [0.1, 0.15) is 44.5 Å². The highest BCUT2D eigenvalue weighted by Gasteiger charge is 2.30. The first-order valence-corrected chi connectivity index (χ1v) is 13.4. The summed E-state index contributed by atoms with van der Waals surface area (Å²) in [6.07, 6.45) is 2.31. The van der Waals surface area contributed by atoms with E-state index in [4.69, 9.17) is 21.7 Å². The maximum atomic E-state index is 14.7. The van der Waals surface area contributed by atoms with Gasteiger partial charge in [-0.05, 0) is 48.2 Å². The minimum Gasteiger partial charge on any atom is -0.394 e. The number of carbonyl (C=O) groups excluding carboxylic acids is 1. The molecular formula is C30H43F2N5O3. The number of halogens is 2. The molecule has 3 aromatic rings. The summed E-state index contributed by atoms with van der Waals surface area (Å²) in [7, 11) is 0. The third kappa shape index (κ3) is 10.1. The van der Waals surface area contributed by atoms with E-state index in [0.29, 0.717) is 38.2 Å². The highest BCUT2D eigenvalue weighted by atomic mass is 19.1. The van der Waals surface area contributed by atoms with Crippen LogP contribution in [0.2, 0.25) is 0 Å². The van der Waals surface area contributed by atoms with E-state index >= 15 is 0 Å². The number of aliphatic hydroxyl groups is 2. The van der Waals surface area contributed by atoms with Crippen LogP contribution in [-0.4, -0.2) is 59.6 Å². The van der Waals surface area contributed by atoms with E-state index in [-0.39, 0.29) is 36.1 Å². The number of rotatable bonds is 12. The lowest BCUT2D eigenvalue weighted by atomic mass is 9.84. The van der Waals surface area contributed by atoms with Gasteiger partial charge in [0.25, 0.3) is 0 Å². The van der Waals surface area contributed by atoms with E-state index in [1.807, 2.05) is 42.6 Å². The molecule has 8 N–H and O–H groups in total. The van der Waals surface area contributed by atoms with Crippen LogP contribution < -0.4 is 22.1 Å². The molecule has 3 rings (SSSR count). The van der Waals surface area contributed by atoms with E-state index in [1.54, 1.807) is 0 Å². The number of nitrogens with zero attached hydrogens (tertiary/aromatic N) is 1. The second-order valence-corrected chi connectivity index (χ2v) is 10.6. The van der Waals surface area contributed by atoms with Crippen molar-refractivity contribution >= 4 is 5.91 Å². The lowest BCUT2D eigenvalue weighted by Crippen LogP contribution is -2.44. The Balaban J connectivity index is 0.00000131. The zero-order valence-corrected chi connectivity index (χ0v) is 23.5. The molecule has 0 saturated heterocycles. The first kappa shape index (κ1) is 33.1. The van der Waals surface area contributed by atoms with Crippen molar-refractivity contribution in [2.75, 3.05) is 32.8 Å². The Labute approximate surface area is 235 Å². The van der Waals surface area contributed by atoms with Crippen molar-refractivity contribution in [1.29, 1.82) is 0 Å². The number of aliphatic hydroxyl groups excluding tert-OH is 2. The van der Waals surface area contributed by atoms with E-state index in [1.165, 1.54) is 6.07 Å². The lowest BCUT2D eigenvalue weighted by Gasteiger charge is -2.33. The van der Waals surface area contributed by atoms with Gasteiger partial charge in [0.05, 0.1) is 25.3 Å². The summed E-state index contributed by atoms with van der Waals surface area (Å²) in [5.41, 5.74) is 14.1. The Morgan fingerprint density at radius 1 is 1.02 bits per heavy atom. The summed E-state index contributed by atoms with van der Waals surface area (Å²) >= 11 is 0. The van der Waals surface area contributed by atoms with Crippen LogP contribution >= 0.6 is 0 Å². The molecule has 0 spiro atoms. The second kappa shape index (κ2) is 16.2. The summed E-state index contributed by atoms with van der Waals surface area (Å²) < 4.78 is 30.7. The van der Waals surface area contributed by atoms with E-state index in [9.17, 15) is 13.6 Å². The first-order valence-electron chi connectivity index (χ1n) is 13.4. The summed E-state index contributed by atoms with van der Waals surface area (Å²) in [5, 5.41) is 21.5. The average Bonchev–Trinajstić information content (AvgIpc) is 3.33. The predicted molar refractivity (Wildman–Crippen MR) is 154 cm³/mol. The quantitative estimate of drug-likeness (QED) is 0.202. The van der Waals surface area contributed by atoms with E-state index in [0.717, 1.165) is 23.4 Å². The summed E-state index contributed by atoms with van der Waals surface area (Å²) in [4.78, 5) is 12.1. The van der Waals surface area contributed by atoms with Gasteiger partial charge in [-0.1, -0.05) is 51.1 Å².